The third-order valence-corrected chi connectivity index (χ3v) is 5.58. The summed E-state index contributed by atoms with van der Waals surface area (Å²) >= 11 is 6.16. The van der Waals surface area contributed by atoms with Gasteiger partial charge < -0.3 is 14.8 Å². The van der Waals surface area contributed by atoms with Crippen LogP contribution in [0.15, 0.2) is 89.1 Å². The van der Waals surface area contributed by atoms with E-state index in [0.717, 1.165) is 11.1 Å². The third-order valence-electron chi connectivity index (χ3n) is 5.21. The first-order valence-electron chi connectivity index (χ1n) is 10.4. The third kappa shape index (κ3) is 4.39. The number of nitrogens with one attached hydrogen (secondary N) is 2. The number of hydrogen-bond donors (Lipinski definition) is 3. The summed E-state index contributed by atoms with van der Waals surface area (Å²) in [5.41, 5.74) is 3.36. The molecule has 0 fully saturated rings. The molecule has 2 aromatic heterocycles. The van der Waals surface area contributed by atoms with Crippen LogP contribution >= 0.6 is 11.6 Å². The zero-order chi connectivity index (χ0) is 23.5. The minimum atomic E-state index is -0.608. The number of halogens is 1. The molecule has 0 atom stereocenters. The summed E-state index contributed by atoms with van der Waals surface area (Å²) in [7, 11) is 0. The lowest BCUT2D eigenvalue weighted by Crippen LogP contribution is -1.95. The summed E-state index contributed by atoms with van der Waals surface area (Å²) in [4.78, 5) is 15.3. The molecule has 34 heavy (non-hydrogen) atoms. The maximum atomic E-state index is 12.5. The monoisotopic (exact) mass is 471 g/mol. The van der Waals surface area contributed by atoms with E-state index < -0.39 is 5.91 Å². The van der Waals surface area contributed by atoms with Crippen LogP contribution < -0.4 is 4.74 Å². The average Bonchev–Trinajstić information content (AvgIpc) is 3.47. The molecule has 168 valence electrons. The van der Waals surface area contributed by atoms with Gasteiger partial charge in [0.1, 0.15) is 18.1 Å². The molecule has 0 spiro atoms. The average molecular weight is 472 g/mol. The van der Waals surface area contributed by atoms with E-state index in [9.17, 15) is 9.90 Å². The summed E-state index contributed by atoms with van der Waals surface area (Å²) in [6.07, 6.45) is 0. The number of benzene rings is 3. The van der Waals surface area contributed by atoms with Crippen molar-refractivity contribution >= 4 is 34.1 Å². The van der Waals surface area contributed by atoms with E-state index >= 15 is 0 Å². The fraction of sp³-hybridized carbons (Fsp3) is 0.0400. The van der Waals surface area contributed by atoms with Crippen LogP contribution in [0, 0.1) is 0 Å². The van der Waals surface area contributed by atoms with Gasteiger partial charge in [0.2, 0.25) is 5.88 Å². The van der Waals surface area contributed by atoms with Crippen LogP contribution in [0.1, 0.15) is 16.1 Å². The molecule has 0 aliphatic carbocycles. The van der Waals surface area contributed by atoms with E-state index in [1.165, 1.54) is 0 Å². The highest BCUT2D eigenvalue weighted by molar-refractivity contribution is 6.31. The van der Waals surface area contributed by atoms with Crippen LogP contribution in [0.2, 0.25) is 5.02 Å². The van der Waals surface area contributed by atoms with Crippen molar-refractivity contribution < 1.29 is 14.6 Å². The van der Waals surface area contributed by atoms with Gasteiger partial charge in [0.05, 0.1) is 11.2 Å². The van der Waals surface area contributed by atoms with Crippen molar-refractivity contribution in [2.45, 2.75) is 6.61 Å². The number of rotatable bonds is 6. The first kappa shape index (κ1) is 21.4. The van der Waals surface area contributed by atoms with E-state index in [4.69, 9.17) is 16.3 Å². The van der Waals surface area contributed by atoms with Crippen LogP contribution in [0.25, 0.3) is 22.2 Å². The number of aromatic amines is 2. The number of carbonyl (C=O) groups excluding carboxylic acids is 1. The molecule has 0 aliphatic heterocycles. The topological polar surface area (TPSA) is 116 Å². The molecule has 0 unspecified atom stereocenters. The summed E-state index contributed by atoms with van der Waals surface area (Å²) in [6.45, 7) is 0.358. The highest BCUT2D eigenvalue weighted by Crippen LogP contribution is 2.35. The van der Waals surface area contributed by atoms with Gasteiger partial charge in [-0.15, -0.1) is 10.2 Å². The van der Waals surface area contributed by atoms with Gasteiger partial charge in [0, 0.05) is 21.5 Å². The number of amides is 1. The van der Waals surface area contributed by atoms with Gasteiger partial charge in [-0.2, -0.15) is 5.10 Å². The van der Waals surface area contributed by atoms with Crippen molar-refractivity contribution in [3.63, 3.8) is 0 Å². The van der Waals surface area contributed by atoms with Crippen LogP contribution in [-0.2, 0) is 6.61 Å². The number of azo groups is 1. The molecule has 3 aromatic carbocycles. The van der Waals surface area contributed by atoms with Gasteiger partial charge in [0.15, 0.2) is 5.69 Å². The maximum absolute atomic E-state index is 12.5. The second-order valence-electron chi connectivity index (χ2n) is 7.44. The molecule has 0 aliphatic rings. The lowest BCUT2D eigenvalue weighted by Gasteiger charge is -2.08. The summed E-state index contributed by atoms with van der Waals surface area (Å²) in [6, 6.07) is 23.7. The predicted molar refractivity (Wildman–Crippen MR) is 129 cm³/mol. The number of H-pyrrole nitrogens is 2. The van der Waals surface area contributed by atoms with Crippen LogP contribution in [-0.4, -0.2) is 26.2 Å². The minimum Gasteiger partial charge on any atom is -0.493 e. The van der Waals surface area contributed by atoms with E-state index in [1.807, 2.05) is 60.7 Å². The van der Waals surface area contributed by atoms with Gasteiger partial charge in [-0.1, -0.05) is 48.0 Å². The van der Waals surface area contributed by atoms with Gasteiger partial charge in [-0.05, 0) is 42.5 Å². The number of aromatic nitrogens is 3. The number of carbonyl (C=O) groups is 1. The quantitative estimate of drug-likeness (QED) is 0.248. The highest BCUT2D eigenvalue weighted by Gasteiger charge is 2.13. The molecule has 2 heterocycles. The smallest absolute Gasteiger partial charge is 0.313 e. The number of para-hydroxylation sites is 1. The van der Waals surface area contributed by atoms with Gasteiger partial charge >= 0.3 is 5.91 Å². The van der Waals surface area contributed by atoms with E-state index in [0.29, 0.717) is 34.0 Å². The van der Waals surface area contributed by atoms with E-state index in [-0.39, 0.29) is 17.3 Å². The molecule has 5 aromatic rings. The molecule has 9 heteroatoms. The molecule has 0 saturated heterocycles. The van der Waals surface area contributed by atoms with Crippen molar-refractivity contribution in [2.24, 2.45) is 10.2 Å². The Morgan fingerprint density at radius 1 is 1.03 bits per heavy atom. The minimum absolute atomic E-state index is 0.153. The Bertz CT molecular complexity index is 1500. The van der Waals surface area contributed by atoms with Gasteiger partial charge in [-0.3, -0.25) is 9.89 Å². The molecule has 1 amide bonds. The maximum Gasteiger partial charge on any atom is 0.313 e. The van der Waals surface area contributed by atoms with Crippen molar-refractivity contribution in [2.75, 3.05) is 0 Å². The molecule has 0 bridgehead atoms. The SMILES string of the molecule is O=C(N=Nc1c(O)[nH]c2ccccc12)c1cc(-c2ccc(OCc3ccccc3Cl)cc2)n[nH]1. The summed E-state index contributed by atoms with van der Waals surface area (Å²) < 4.78 is 5.80. The molecule has 3 N–H and O–H groups in total. The van der Waals surface area contributed by atoms with Crippen LogP contribution in [0.5, 0.6) is 11.6 Å². The Labute approximate surface area is 198 Å². The Morgan fingerprint density at radius 3 is 2.62 bits per heavy atom. The van der Waals surface area contributed by atoms with E-state index in [2.05, 4.69) is 25.4 Å². The number of ether oxygens (including phenoxy) is 1. The Hall–Kier alpha value is -4.43. The molecular formula is C25H18ClN5O3. The fourth-order valence-corrected chi connectivity index (χ4v) is 3.63. The lowest BCUT2D eigenvalue weighted by atomic mass is 10.1. The van der Waals surface area contributed by atoms with Crippen LogP contribution in [0.4, 0.5) is 5.69 Å². The van der Waals surface area contributed by atoms with Gasteiger partial charge in [0.25, 0.3) is 0 Å². The Balaban J connectivity index is 1.27. The first-order chi connectivity index (χ1) is 16.6. The molecule has 5 rings (SSSR count). The van der Waals surface area contributed by atoms with Gasteiger partial charge in [-0.25, -0.2) is 0 Å². The number of nitrogens with zero attached hydrogens (tertiary/aromatic N) is 3. The first-order valence-corrected chi connectivity index (χ1v) is 10.7. The summed E-state index contributed by atoms with van der Waals surface area (Å²) in [5, 5.41) is 25.9. The van der Waals surface area contributed by atoms with E-state index in [1.54, 1.807) is 18.2 Å². The van der Waals surface area contributed by atoms with Crippen molar-refractivity contribution in [1.82, 2.24) is 15.2 Å². The molecule has 0 saturated carbocycles. The number of aromatic hydroxyl groups is 1. The Kier molecular flexibility index (Phi) is 5.80. The normalized spacial score (nSPS) is 11.3. The second-order valence-corrected chi connectivity index (χ2v) is 7.85. The zero-order valence-corrected chi connectivity index (χ0v) is 18.5. The fourth-order valence-electron chi connectivity index (χ4n) is 3.44. The lowest BCUT2D eigenvalue weighted by molar-refractivity contribution is 0.0990. The van der Waals surface area contributed by atoms with Crippen molar-refractivity contribution in [1.29, 1.82) is 0 Å². The zero-order valence-electron chi connectivity index (χ0n) is 17.7. The van der Waals surface area contributed by atoms with Crippen molar-refractivity contribution in [3.8, 4) is 22.9 Å². The predicted octanol–water partition coefficient (Wildman–Crippen LogP) is 6.42. The molecular weight excluding hydrogens is 454 g/mol. The highest BCUT2D eigenvalue weighted by atomic mass is 35.5. The summed E-state index contributed by atoms with van der Waals surface area (Å²) in [5.74, 6) is -0.0779. The standard InChI is InChI=1S/C25H18ClN5O3/c26-19-7-3-1-5-16(19)14-34-17-11-9-15(10-12-17)21-13-22(29-28-21)24(32)31-30-23-18-6-2-4-8-20(18)27-25(23)33/h1-13,27,33H,14H2,(H,28,29). The number of fused-ring (bicyclic) bond motifs is 1. The second kappa shape index (κ2) is 9.21. The Morgan fingerprint density at radius 2 is 1.79 bits per heavy atom. The van der Waals surface area contributed by atoms with Crippen LogP contribution in [0.3, 0.4) is 0 Å². The number of hydrogen-bond acceptors (Lipinski definition) is 5. The molecule has 0 radical (unpaired) electrons. The van der Waals surface area contributed by atoms with Crippen molar-refractivity contribution in [3.05, 3.63) is 95.1 Å². The molecule has 8 nitrogen and oxygen atoms in total. The largest absolute Gasteiger partial charge is 0.493 e.